The first-order valence-electron chi connectivity index (χ1n) is 6.90. The molecule has 4 heteroatoms. The number of ether oxygens (including phenoxy) is 2. The number of rotatable bonds is 5. The second-order valence-corrected chi connectivity index (χ2v) is 4.89. The van der Waals surface area contributed by atoms with Gasteiger partial charge < -0.3 is 14.8 Å². The van der Waals surface area contributed by atoms with Crippen molar-refractivity contribution in [3.63, 3.8) is 0 Å². The minimum Gasteiger partial charge on any atom is -0.454 e. The molecule has 1 aliphatic rings. The first kappa shape index (κ1) is 13.5. The Morgan fingerprint density at radius 1 is 1.10 bits per heavy atom. The molecule has 2 aromatic rings. The minimum atomic E-state index is 0.0293. The molecule has 1 N–H and O–H groups in total. The van der Waals surface area contributed by atoms with Gasteiger partial charge in [-0.05, 0) is 23.3 Å². The summed E-state index contributed by atoms with van der Waals surface area (Å²) in [6.07, 6.45) is 0.439. The van der Waals surface area contributed by atoms with Crippen LogP contribution in [0.1, 0.15) is 23.6 Å². The number of nitriles is 1. The van der Waals surface area contributed by atoms with E-state index < -0.39 is 0 Å². The molecule has 0 amide bonds. The molecule has 1 aliphatic heterocycles. The van der Waals surface area contributed by atoms with Gasteiger partial charge in [0, 0.05) is 12.6 Å². The van der Waals surface area contributed by atoms with Gasteiger partial charge in [-0.15, -0.1) is 0 Å². The molecule has 3 rings (SSSR count). The molecule has 0 saturated heterocycles. The van der Waals surface area contributed by atoms with E-state index in [0.717, 1.165) is 22.6 Å². The van der Waals surface area contributed by atoms with E-state index in [9.17, 15) is 0 Å². The third kappa shape index (κ3) is 3.15. The van der Waals surface area contributed by atoms with Crippen molar-refractivity contribution in [3.8, 4) is 17.6 Å². The van der Waals surface area contributed by atoms with Crippen LogP contribution < -0.4 is 14.8 Å². The summed E-state index contributed by atoms with van der Waals surface area (Å²) in [6, 6.07) is 18.2. The van der Waals surface area contributed by atoms with Crippen molar-refractivity contribution >= 4 is 0 Å². The lowest BCUT2D eigenvalue weighted by Crippen LogP contribution is -2.20. The van der Waals surface area contributed by atoms with Crippen molar-refractivity contribution in [1.29, 1.82) is 5.26 Å². The molecule has 1 heterocycles. The van der Waals surface area contributed by atoms with Gasteiger partial charge in [-0.1, -0.05) is 36.4 Å². The number of hydrogen-bond donors (Lipinski definition) is 1. The summed E-state index contributed by atoms with van der Waals surface area (Å²) in [6.45, 7) is 0.963. The van der Waals surface area contributed by atoms with E-state index >= 15 is 0 Å². The fourth-order valence-electron chi connectivity index (χ4n) is 2.38. The fraction of sp³-hybridized carbons (Fsp3) is 0.235. The molecule has 0 radical (unpaired) electrons. The highest BCUT2D eigenvalue weighted by Crippen LogP contribution is 2.32. The van der Waals surface area contributed by atoms with E-state index in [1.807, 2.05) is 48.5 Å². The average Bonchev–Trinajstić information content (AvgIpc) is 3.00. The molecule has 0 bridgehead atoms. The predicted octanol–water partition coefficient (Wildman–Crippen LogP) is 3.16. The monoisotopic (exact) mass is 280 g/mol. The third-order valence-electron chi connectivity index (χ3n) is 3.49. The van der Waals surface area contributed by atoms with E-state index in [4.69, 9.17) is 14.7 Å². The molecule has 2 aromatic carbocycles. The van der Waals surface area contributed by atoms with Crippen LogP contribution in [0.2, 0.25) is 0 Å². The van der Waals surface area contributed by atoms with E-state index in [2.05, 4.69) is 11.4 Å². The molecule has 4 nitrogen and oxygen atoms in total. The van der Waals surface area contributed by atoms with Crippen LogP contribution in [0.25, 0.3) is 0 Å². The zero-order valence-corrected chi connectivity index (χ0v) is 11.6. The smallest absolute Gasteiger partial charge is 0.231 e. The Labute approximate surface area is 123 Å². The molecule has 1 atom stereocenters. The number of hydrogen-bond acceptors (Lipinski definition) is 4. The first-order chi connectivity index (χ1) is 10.4. The quantitative estimate of drug-likeness (QED) is 0.914. The lowest BCUT2D eigenvalue weighted by atomic mass is 10.0. The lowest BCUT2D eigenvalue weighted by molar-refractivity contribution is 0.174. The molecule has 0 spiro atoms. The van der Waals surface area contributed by atoms with Crippen molar-refractivity contribution in [1.82, 2.24) is 5.32 Å². The van der Waals surface area contributed by atoms with Gasteiger partial charge in [0.15, 0.2) is 11.5 Å². The van der Waals surface area contributed by atoms with Crippen molar-refractivity contribution in [2.24, 2.45) is 0 Å². The molecule has 0 saturated carbocycles. The van der Waals surface area contributed by atoms with Gasteiger partial charge >= 0.3 is 0 Å². The Morgan fingerprint density at radius 2 is 1.90 bits per heavy atom. The number of nitrogens with one attached hydrogen (secondary N) is 1. The van der Waals surface area contributed by atoms with Gasteiger partial charge in [-0.25, -0.2) is 0 Å². The largest absolute Gasteiger partial charge is 0.454 e. The van der Waals surface area contributed by atoms with Crippen LogP contribution in [-0.4, -0.2) is 6.79 Å². The standard InChI is InChI=1S/C17H16N2O2/c18-9-8-15(14-4-2-1-3-5-14)19-11-13-6-7-16-17(10-13)21-12-20-16/h1-7,10,15,19H,8,11-12H2. The van der Waals surface area contributed by atoms with Crippen molar-refractivity contribution in [2.75, 3.05) is 6.79 Å². The van der Waals surface area contributed by atoms with Gasteiger partial charge in [0.05, 0.1) is 12.5 Å². The van der Waals surface area contributed by atoms with Gasteiger partial charge in [0.25, 0.3) is 0 Å². The Hall–Kier alpha value is -2.51. The maximum Gasteiger partial charge on any atom is 0.231 e. The highest BCUT2D eigenvalue weighted by molar-refractivity contribution is 5.44. The van der Waals surface area contributed by atoms with Crippen LogP contribution in [0.5, 0.6) is 11.5 Å². The minimum absolute atomic E-state index is 0.0293. The number of benzene rings is 2. The molecule has 0 aromatic heterocycles. The molecule has 1 unspecified atom stereocenters. The molecule has 0 fully saturated rings. The van der Waals surface area contributed by atoms with Crippen LogP contribution in [0.4, 0.5) is 0 Å². The van der Waals surface area contributed by atoms with E-state index in [0.29, 0.717) is 13.0 Å². The fourth-order valence-corrected chi connectivity index (χ4v) is 2.38. The summed E-state index contributed by atoms with van der Waals surface area (Å²) < 4.78 is 10.7. The van der Waals surface area contributed by atoms with Crippen LogP contribution in [0.15, 0.2) is 48.5 Å². The maximum atomic E-state index is 9.00. The second kappa shape index (κ2) is 6.29. The summed E-state index contributed by atoms with van der Waals surface area (Å²) >= 11 is 0. The molecular weight excluding hydrogens is 264 g/mol. The molecule has 106 valence electrons. The maximum absolute atomic E-state index is 9.00. The third-order valence-corrected chi connectivity index (χ3v) is 3.49. The Morgan fingerprint density at radius 3 is 2.71 bits per heavy atom. The Kier molecular flexibility index (Phi) is 4.04. The second-order valence-electron chi connectivity index (χ2n) is 4.89. The van der Waals surface area contributed by atoms with E-state index in [-0.39, 0.29) is 12.8 Å². The van der Waals surface area contributed by atoms with E-state index in [1.54, 1.807) is 0 Å². The number of nitrogens with zero attached hydrogens (tertiary/aromatic N) is 1. The average molecular weight is 280 g/mol. The van der Waals surface area contributed by atoms with Gasteiger partial charge in [-0.2, -0.15) is 5.26 Å². The number of fused-ring (bicyclic) bond motifs is 1. The van der Waals surface area contributed by atoms with Gasteiger partial charge in [0.2, 0.25) is 6.79 Å². The van der Waals surface area contributed by atoms with E-state index in [1.165, 1.54) is 0 Å². The molecule has 0 aliphatic carbocycles. The summed E-state index contributed by atoms with van der Waals surface area (Å²) in [5.74, 6) is 1.57. The van der Waals surface area contributed by atoms with Crippen molar-refractivity contribution in [3.05, 3.63) is 59.7 Å². The lowest BCUT2D eigenvalue weighted by Gasteiger charge is -2.16. The summed E-state index contributed by atoms with van der Waals surface area (Å²) in [4.78, 5) is 0. The summed E-state index contributed by atoms with van der Waals surface area (Å²) in [5, 5.41) is 12.4. The van der Waals surface area contributed by atoms with Crippen LogP contribution in [0.3, 0.4) is 0 Å². The SMILES string of the molecule is N#CCC(NCc1ccc2c(c1)OCO2)c1ccccc1. The Bertz CT molecular complexity index is 650. The first-order valence-corrected chi connectivity index (χ1v) is 6.90. The van der Waals surface area contributed by atoms with Crippen molar-refractivity contribution in [2.45, 2.75) is 19.0 Å². The molecule has 21 heavy (non-hydrogen) atoms. The van der Waals surface area contributed by atoms with Crippen molar-refractivity contribution < 1.29 is 9.47 Å². The zero-order chi connectivity index (χ0) is 14.5. The van der Waals surface area contributed by atoms with Gasteiger partial charge in [0.1, 0.15) is 0 Å². The summed E-state index contributed by atoms with van der Waals surface area (Å²) in [7, 11) is 0. The Balaban J connectivity index is 1.68. The topological polar surface area (TPSA) is 54.3 Å². The summed E-state index contributed by atoms with van der Waals surface area (Å²) in [5.41, 5.74) is 2.23. The highest BCUT2D eigenvalue weighted by atomic mass is 16.7. The predicted molar refractivity (Wildman–Crippen MR) is 78.8 cm³/mol. The normalized spacial score (nSPS) is 13.7. The van der Waals surface area contributed by atoms with Gasteiger partial charge in [-0.3, -0.25) is 0 Å². The molecular formula is C17H16N2O2. The van der Waals surface area contributed by atoms with Crippen LogP contribution in [0, 0.1) is 11.3 Å². The van der Waals surface area contributed by atoms with Crippen LogP contribution >= 0.6 is 0 Å². The zero-order valence-electron chi connectivity index (χ0n) is 11.6. The highest BCUT2D eigenvalue weighted by Gasteiger charge is 2.14. The van der Waals surface area contributed by atoms with Crippen LogP contribution in [-0.2, 0) is 6.54 Å².